The summed E-state index contributed by atoms with van der Waals surface area (Å²) in [5, 5.41) is 8.87. The summed E-state index contributed by atoms with van der Waals surface area (Å²) in [5.41, 5.74) is 1.69. The minimum atomic E-state index is -0.0632. The molecule has 0 fully saturated rings. The van der Waals surface area contributed by atoms with Gasteiger partial charge in [0.25, 0.3) is 5.91 Å². The zero-order valence-corrected chi connectivity index (χ0v) is 11.0. The van der Waals surface area contributed by atoms with Crippen molar-refractivity contribution < 1.29 is 9.90 Å². The van der Waals surface area contributed by atoms with E-state index in [1.54, 1.807) is 11.9 Å². The Hall–Kier alpha value is -1.35. The Morgan fingerprint density at radius 1 is 1.29 bits per heavy atom. The molecule has 1 aromatic carbocycles. The highest BCUT2D eigenvalue weighted by atomic mass is 16.3. The zero-order chi connectivity index (χ0) is 13.1. The highest BCUT2D eigenvalue weighted by Crippen LogP contribution is 2.26. The van der Waals surface area contributed by atoms with E-state index in [0.29, 0.717) is 6.54 Å². The van der Waals surface area contributed by atoms with Crippen LogP contribution in [0.15, 0.2) is 24.3 Å². The maximum atomic E-state index is 12.2. The molecular weight excluding hydrogens is 214 g/mol. The maximum Gasteiger partial charge on any atom is 0.253 e. The van der Waals surface area contributed by atoms with Gasteiger partial charge in [-0.3, -0.25) is 4.79 Å². The van der Waals surface area contributed by atoms with Crippen molar-refractivity contribution in [3.05, 3.63) is 35.4 Å². The van der Waals surface area contributed by atoms with Crippen LogP contribution in [0.3, 0.4) is 0 Å². The van der Waals surface area contributed by atoms with Gasteiger partial charge in [0.2, 0.25) is 0 Å². The second kappa shape index (κ2) is 5.32. The minimum Gasteiger partial charge on any atom is -0.395 e. The van der Waals surface area contributed by atoms with Crippen molar-refractivity contribution in [2.75, 3.05) is 20.2 Å². The molecule has 0 aliphatic carbocycles. The third-order valence-corrected chi connectivity index (χ3v) is 2.75. The van der Waals surface area contributed by atoms with Gasteiger partial charge in [0, 0.05) is 19.2 Å². The summed E-state index contributed by atoms with van der Waals surface area (Å²) < 4.78 is 0. The van der Waals surface area contributed by atoms with Crippen LogP contribution in [0.25, 0.3) is 0 Å². The van der Waals surface area contributed by atoms with Gasteiger partial charge in [0.15, 0.2) is 0 Å². The lowest BCUT2D eigenvalue weighted by Gasteiger charge is -2.24. The van der Waals surface area contributed by atoms with E-state index in [-0.39, 0.29) is 17.9 Å². The number of amides is 1. The molecule has 1 N–H and O–H groups in total. The van der Waals surface area contributed by atoms with Crippen molar-refractivity contribution in [1.29, 1.82) is 0 Å². The van der Waals surface area contributed by atoms with Crippen LogP contribution in [0.5, 0.6) is 0 Å². The SMILES string of the molecule is CN(CCO)C(=O)c1ccccc1C(C)(C)C. The monoisotopic (exact) mass is 235 g/mol. The van der Waals surface area contributed by atoms with Crippen molar-refractivity contribution in [3.8, 4) is 0 Å². The van der Waals surface area contributed by atoms with Crippen molar-refractivity contribution in [1.82, 2.24) is 4.90 Å². The number of carbonyl (C=O) groups excluding carboxylic acids is 1. The zero-order valence-electron chi connectivity index (χ0n) is 11.0. The second-order valence-electron chi connectivity index (χ2n) is 5.25. The predicted octanol–water partition coefficient (Wildman–Crippen LogP) is 2.05. The van der Waals surface area contributed by atoms with Gasteiger partial charge in [-0.05, 0) is 17.0 Å². The summed E-state index contributed by atoms with van der Waals surface area (Å²) in [6.45, 7) is 6.61. The predicted molar refractivity (Wildman–Crippen MR) is 69.2 cm³/mol. The van der Waals surface area contributed by atoms with Gasteiger partial charge in [-0.25, -0.2) is 0 Å². The van der Waals surface area contributed by atoms with Gasteiger partial charge >= 0.3 is 0 Å². The highest BCUT2D eigenvalue weighted by molar-refractivity contribution is 5.95. The molecule has 1 amide bonds. The molecule has 0 aliphatic heterocycles. The Morgan fingerprint density at radius 2 is 1.88 bits per heavy atom. The number of aliphatic hydroxyl groups excluding tert-OH is 1. The number of nitrogens with zero attached hydrogens (tertiary/aromatic N) is 1. The first-order valence-electron chi connectivity index (χ1n) is 5.83. The lowest BCUT2D eigenvalue weighted by atomic mass is 9.83. The topological polar surface area (TPSA) is 40.5 Å². The van der Waals surface area contributed by atoms with Gasteiger partial charge in [-0.15, -0.1) is 0 Å². The van der Waals surface area contributed by atoms with Crippen LogP contribution >= 0.6 is 0 Å². The smallest absolute Gasteiger partial charge is 0.253 e. The standard InChI is InChI=1S/C14H21NO2/c1-14(2,3)12-8-6-5-7-11(12)13(17)15(4)9-10-16/h5-8,16H,9-10H2,1-4H3. The lowest BCUT2D eigenvalue weighted by molar-refractivity contribution is 0.0764. The fraction of sp³-hybridized carbons (Fsp3) is 0.500. The molecule has 1 aromatic rings. The Bertz CT molecular complexity index is 393. The summed E-state index contributed by atoms with van der Waals surface area (Å²) in [5.74, 6) is -0.0374. The van der Waals surface area contributed by atoms with Gasteiger partial charge in [0.05, 0.1) is 6.61 Å². The summed E-state index contributed by atoms with van der Waals surface area (Å²) in [7, 11) is 1.71. The van der Waals surface area contributed by atoms with E-state index in [4.69, 9.17) is 5.11 Å². The van der Waals surface area contributed by atoms with E-state index in [1.165, 1.54) is 0 Å². The molecule has 17 heavy (non-hydrogen) atoms. The van der Waals surface area contributed by atoms with Gasteiger partial charge in [0.1, 0.15) is 0 Å². The van der Waals surface area contributed by atoms with E-state index in [9.17, 15) is 4.79 Å². The molecule has 0 heterocycles. The molecular formula is C14H21NO2. The highest BCUT2D eigenvalue weighted by Gasteiger charge is 2.22. The maximum absolute atomic E-state index is 12.2. The number of likely N-dealkylation sites (N-methyl/N-ethyl adjacent to an activating group) is 1. The number of rotatable bonds is 3. The van der Waals surface area contributed by atoms with Crippen molar-refractivity contribution in [3.63, 3.8) is 0 Å². The molecule has 0 saturated carbocycles. The number of hydrogen-bond donors (Lipinski definition) is 1. The number of hydrogen-bond acceptors (Lipinski definition) is 2. The molecule has 0 spiro atoms. The first-order valence-corrected chi connectivity index (χ1v) is 5.83. The quantitative estimate of drug-likeness (QED) is 0.871. The van der Waals surface area contributed by atoms with Crippen LogP contribution in [0, 0.1) is 0 Å². The Kier molecular flexibility index (Phi) is 4.29. The van der Waals surface area contributed by atoms with Crippen molar-refractivity contribution in [2.45, 2.75) is 26.2 Å². The number of carbonyl (C=O) groups is 1. The largest absolute Gasteiger partial charge is 0.395 e. The first-order chi connectivity index (χ1) is 7.88. The second-order valence-corrected chi connectivity index (χ2v) is 5.25. The summed E-state index contributed by atoms with van der Waals surface area (Å²) in [6.07, 6.45) is 0. The Balaban J connectivity index is 3.10. The van der Waals surface area contributed by atoms with Gasteiger partial charge in [-0.1, -0.05) is 39.0 Å². The molecule has 94 valence electrons. The van der Waals surface area contributed by atoms with Crippen LogP contribution < -0.4 is 0 Å². The third kappa shape index (κ3) is 3.30. The Labute approximate surface area is 103 Å². The van der Waals surface area contributed by atoms with Crippen LogP contribution in [0.4, 0.5) is 0 Å². The molecule has 0 radical (unpaired) electrons. The fourth-order valence-corrected chi connectivity index (χ4v) is 1.78. The first kappa shape index (κ1) is 13.7. The molecule has 3 nitrogen and oxygen atoms in total. The normalized spacial score (nSPS) is 11.4. The average molecular weight is 235 g/mol. The van der Waals surface area contributed by atoms with Crippen molar-refractivity contribution in [2.24, 2.45) is 0 Å². The molecule has 0 unspecified atom stereocenters. The number of aliphatic hydroxyl groups is 1. The average Bonchev–Trinajstić information content (AvgIpc) is 2.27. The molecule has 0 bridgehead atoms. The molecule has 0 aliphatic rings. The van der Waals surface area contributed by atoms with Crippen molar-refractivity contribution >= 4 is 5.91 Å². The van der Waals surface area contributed by atoms with E-state index in [0.717, 1.165) is 11.1 Å². The minimum absolute atomic E-state index is 0.0140. The lowest BCUT2D eigenvalue weighted by Crippen LogP contribution is -2.31. The van der Waals surface area contributed by atoms with Crippen LogP contribution in [-0.4, -0.2) is 36.1 Å². The van der Waals surface area contributed by atoms with E-state index in [1.807, 2.05) is 24.3 Å². The van der Waals surface area contributed by atoms with Gasteiger partial charge < -0.3 is 10.0 Å². The fourth-order valence-electron chi connectivity index (χ4n) is 1.78. The van der Waals surface area contributed by atoms with Crippen LogP contribution in [-0.2, 0) is 5.41 Å². The van der Waals surface area contributed by atoms with E-state index < -0.39 is 0 Å². The van der Waals surface area contributed by atoms with Crippen LogP contribution in [0.2, 0.25) is 0 Å². The molecule has 0 aromatic heterocycles. The summed E-state index contributed by atoms with van der Waals surface area (Å²) >= 11 is 0. The van der Waals surface area contributed by atoms with Gasteiger partial charge in [-0.2, -0.15) is 0 Å². The van der Waals surface area contributed by atoms with Crippen LogP contribution in [0.1, 0.15) is 36.7 Å². The summed E-state index contributed by atoms with van der Waals surface area (Å²) in [4.78, 5) is 13.8. The molecule has 1 rings (SSSR count). The molecule has 0 atom stereocenters. The molecule has 3 heteroatoms. The van der Waals surface area contributed by atoms with E-state index in [2.05, 4.69) is 20.8 Å². The number of benzene rings is 1. The van der Waals surface area contributed by atoms with E-state index >= 15 is 0 Å². The third-order valence-electron chi connectivity index (χ3n) is 2.75. The molecule has 0 saturated heterocycles. The Morgan fingerprint density at radius 3 is 2.41 bits per heavy atom. The summed E-state index contributed by atoms with van der Waals surface area (Å²) in [6, 6.07) is 7.65.